The summed E-state index contributed by atoms with van der Waals surface area (Å²) < 4.78 is 11.3. The van der Waals surface area contributed by atoms with Crippen LogP contribution in [0, 0.1) is 13.8 Å². The summed E-state index contributed by atoms with van der Waals surface area (Å²) in [4.78, 5) is 22.0. The lowest BCUT2D eigenvalue weighted by Gasteiger charge is -2.34. The van der Waals surface area contributed by atoms with Gasteiger partial charge >= 0.3 is 0 Å². The molecule has 37 heavy (non-hydrogen) atoms. The van der Waals surface area contributed by atoms with E-state index in [0.29, 0.717) is 11.5 Å². The third-order valence-electron chi connectivity index (χ3n) is 6.81. The number of ether oxygens (including phenoxy) is 1. The number of aromatic nitrogens is 1. The topological polar surface area (TPSA) is 70.8 Å². The van der Waals surface area contributed by atoms with E-state index >= 15 is 0 Å². The summed E-state index contributed by atoms with van der Waals surface area (Å²) in [6.45, 7) is 7.63. The van der Waals surface area contributed by atoms with Crippen LogP contribution in [0.4, 0.5) is 11.4 Å². The third-order valence-corrected chi connectivity index (χ3v) is 6.81. The molecule has 0 bridgehead atoms. The summed E-state index contributed by atoms with van der Waals surface area (Å²) in [5, 5.41) is 3.04. The minimum Gasteiger partial charge on any atom is -0.495 e. The molecule has 0 radical (unpaired) electrons. The number of nitrogens with one attached hydrogen (secondary N) is 1. The van der Waals surface area contributed by atoms with E-state index in [1.807, 2.05) is 68.4 Å². The van der Waals surface area contributed by atoms with Crippen LogP contribution >= 0.6 is 0 Å². The fraction of sp³-hybridized carbons (Fsp3) is 0.267. The van der Waals surface area contributed by atoms with Crippen LogP contribution in [0.1, 0.15) is 21.9 Å². The van der Waals surface area contributed by atoms with E-state index in [0.717, 1.165) is 71.4 Å². The first-order valence-electron chi connectivity index (χ1n) is 12.5. The van der Waals surface area contributed by atoms with Crippen LogP contribution < -0.4 is 15.0 Å². The molecule has 1 N–H and O–H groups in total. The first-order valence-corrected chi connectivity index (χ1v) is 12.5. The number of aryl methyl sites for hydroxylation is 2. The molecule has 190 valence electrons. The predicted molar refractivity (Wildman–Crippen MR) is 148 cm³/mol. The van der Waals surface area contributed by atoms with E-state index in [1.165, 1.54) is 0 Å². The summed E-state index contributed by atoms with van der Waals surface area (Å²) >= 11 is 0. The molecule has 0 saturated carbocycles. The van der Waals surface area contributed by atoms with E-state index in [2.05, 4.69) is 39.3 Å². The fourth-order valence-electron chi connectivity index (χ4n) is 4.69. The first-order chi connectivity index (χ1) is 17.9. The third kappa shape index (κ3) is 5.37. The Morgan fingerprint density at radius 3 is 2.11 bits per heavy atom. The number of likely N-dealkylation sites (N-methyl/N-ethyl adjacent to an activating group) is 1. The maximum absolute atomic E-state index is 13.0. The second-order valence-corrected chi connectivity index (χ2v) is 9.43. The summed E-state index contributed by atoms with van der Waals surface area (Å²) in [5.41, 5.74) is 6.33. The van der Waals surface area contributed by atoms with Gasteiger partial charge in [-0.1, -0.05) is 36.4 Å². The number of hydrogen-bond donors (Lipinski definition) is 1. The number of benzene rings is 3. The smallest absolute Gasteiger partial charge is 0.255 e. The molecule has 4 aromatic rings. The standard InChI is InChI=1S/C30H32N4O3/c1-20-29(37-21(2)31-20)24-9-5-22(6-10-24)23-7-11-25(12-8-23)30(35)32-26-13-14-28(36-4)27(19-26)34-17-15-33(3)16-18-34/h5-14,19H,15-18H2,1-4H3,(H,32,35). The SMILES string of the molecule is COc1ccc(NC(=O)c2ccc(-c3ccc(-c4oc(C)nc4C)cc3)cc2)cc1N1CCN(C)CC1. The highest BCUT2D eigenvalue weighted by Crippen LogP contribution is 2.32. The lowest BCUT2D eigenvalue weighted by atomic mass is 10.0. The fourth-order valence-corrected chi connectivity index (χ4v) is 4.69. The van der Waals surface area contributed by atoms with Gasteiger partial charge in [0.25, 0.3) is 5.91 Å². The zero-order valence-corrected chi connectivity index (χ0v) is 21.7. The molecular weight excluding hydrogens is 464 g/mol. The van der Waals surface area contributed by atoms with Gasteiger partial charge in [-0.2, -0.15) is 0 Å². The van der Waals surface area contributed by atoms with Crippen molar-refractivity contribution in [3.63, 3.8) is 0 Å². The van der Waals surface area contributed by atoms with Crippen LogP contribution in [0.15, 0.2) is 71.1 Å². The quantitative estimate of drug-likeness (QED) is 0.373. The van der Waals surface area contributed by atoms with E-state index in [4.69, 9.17) is 9.15 Å². The Morgan fingerprint density at radius 1 is 0.892 bits per heavy atom. The van der Waals surface area contributed by atoms with Crippen LogP contribution in [0.5, 0.6) is 5.75 Å². The Labute approximate surface area is 217 Å². The number of carbonyl (C=O) groups is 1. The highest BCUT2D eigenvalue weighted by molar-refractivity contribution is 6.04. The van der Waals surface area contributed by atoms with Crippen molar-refractivity contribution < 1.29 is 13.9 Å². The number of nitrogens with zero attached hydrogens (tertiary/aromatic N) is 3. The van der Waals surface area contributed by atoms with Crippen molar-refractivity contribution in [3.8, 4) is 28.2 Å². The summed E-state index contributed by atoms with van der Waals surface area (Å²) in [7, 11) is 3.81. The van der Waals surface area contributed by atoms with Gasteiger partial charge in [0.1, 0.15) is 5.75 Å². The van der Waals surface area contributed by atoms with Crippen molar-refractivity contribution in [2.24, 2.45) is 0 Å². The van der Waals surface area contributed by atoms with Gasteiger partial charge < -0.3 is 24.3 Å². The molecule has 2 heterocycles. The van der Waals surface area contributed by atoms with Crippen molar-refractivity contribution >= 4 is 17.3 Å². The van der Waals surface area contributed by atoms with Crippen molar-refractivity contribution in [1.29, 1.82) is 0 Å². The van der Waals surface area contributed by atoms with Crippen molar-refractivity contribution in [2.45, 2.75) is 13.8 Å². The number of rotatable bonds is 6. The van der Waals surface area contributed by atoms with Gasteiger partial charge in [-0.3, -0.25) is 4.79 Å². The highest BCUT2D eigenvalue weighted by atomic mass is 16.5. The lowest BCUT2D eigenvalue weighted by molar-refractivity contribution is 0.102. The number of methoxy groups -OCH3 is 1. The normalized spacial score (nSPS) is 14.0. The van der Waals surface area contributed by atoms with E-state index in [1.54, 1.807) is 7.11 Å². The summed E-state index contributed by atoms with van der Waals surface area (Å²) in [5.74, 6) is 2.13. The van der Waals surface area contributed by atoms with Crippen LogP contribution in [-0.4, -0.2) is 56.1 Å². The Morgan fingerprint density at radius 2 is 1.51 bits per heavy atom. The maximum Gasteiger partial charge on any atom is 0.255 e. The van der Waals surface area contributed by atoms with Gasteiger partial charge in [0.05, 0.1) is 18.5 Å². The summed E-state index contributed by atoms with van der Waals surface area (Å²) in [6, 6.07) is 21.6. The van der Waals surface area contributed by atoms with Crippen LogP contribution in [0.2, 0.25) is 0 Å². The van der Waals surface area contributed by atoms with E-state index in [-0.39, 0.29) is 5.91 Å². The monoisotopic (exact) mass is 496 g/mol. The van der Waals surface area contributed by atoms with E-state index in [9.17, 15) is 4.79 Å². The molecule has 1 fully saturated rings. The molecule has 0 aliphatic carbocycles. The zero-order valence-electron chi connectivity index (χ0n) is 21.7. The largest absolute Gasteiger partial charge is 0.495 e. The molecule has 0 unspecified atom stereocenters. The van der Waals surface area contributed by atoms with Gasteiger partial charge in [-0.15, -0.1) is 0 Å². The maximum atomic E-state index is 13.0. The van der Waals surface area contributed by atoms with Crippen molar-refractivity contribution in [2.75, 3.05) is 50.6 Å². The number of anilines is 2. The van der Waals surface area contributed by atoms with Crippen molar-refractivity contribution in [1.82, 2.24) is 9.88 Å². The molecule has 3 aromatic carbocycles. The minimum atomic E-state index is -0.146. The molecule has 5 rings (SSSR count). The highest BCUT2D eigenvalue weighted by Gasteiger charge is 2.19. The van der Waals surface area contributed by atoms with Gasteiger partial charge in [0, 0.05) is 49.9 Å². The van der Waals surface area contributed by atoms with Gasteiger partial charge in [-0.05, 0) is 55.4 Å². The lowest BCUT2D eigenvalue weighted by Crippen LogP contribution is -2.44. The van der Waals surface area contributed by atoms with Gasteiger partial charge in [0.15, 0.2) is 11.7 Å². The number of piperazine rings is 1. The van der Waals surface area contributed by atoms with Crippen LogP contribution in [-0.2, 0) is 0 Å². The van der Waals surface area contributed by atoms with Gasteiger partial charge in [0.2, 0.25) is 0 Å². The average molecular weight is 497 g/mol. The first kappa shape index (κ1) is 24.6. The average Bonchev–Trinajstić information content (AvgIpc) is 3.27. The predicted octanol–water partition coefficient (Wildman–Crippen LogP) is 5.64. The number of amides is 1. The molecule has 7 heteroatoms. The molecule has 1 saturated heterocycles. The molecule has 1 aliphatic rings. The Bertz CT molecular complexity index is 1390. The number of hydrogen-bond acceptors (Lipinski definition) is 6. The van der Waals surface area contributed by atoms with Gasteiger partial charge in [-0.25, -0.2) is 4.98 Å². The number of oxazole rings is 1. The second-order valence-electron chi connectivity index (χ2n) is 9.43. The molecular formula is C30H32N4O3. The minimum absolute atomic E-state index is 0.146. The van der Waals surface area contributed by atoms with Crippen LogP contribution in [0.25, 0.3) is 22.5 Å². The van der Waals surface area contributed by atoms with E-state index < -0.39 is 0 Å². The molecule has 0 atom stereocenters. The Kier molecular flexibility index (Phi) is 6.97. The van der Waals surface area contributed by atoms with Crippen LogP contribution in [0.3, 0.4) is 0 Å². The Hall–Kier alpha value is -4.10. The molecule has 1 amide bonds. The second kappa shape index (κ2) is 10.5. The summed E-state index contributed by atoms with van der Waals surface area (Å²) in [6.07, 6.45) is 0. The molecule has 7 nitrogen and oxygen atoms in total. The van der Waals surface area contributed by atoms with Crippen molar-refractivity contribution in [3.05, 3.63) is 83.9 Å². The molecule has 1 aliphatic heterocycles. The Balaban J connectivity index is 1.28. The zero-order chi connectivity index (χ0) is 25.9. The number of carbonyl (C=O) groups excluding carboxylic acids is 1. The molecule has 1 aromatic heterocycles. The molecule has 0 spiro atoms.